The number of hydrogen-bond acceptors (Lipinski definition) is 4. The van der Waals surface area contributed by atoms with E-state index in [0.29, 0.717) is 12.6 Å². The van der Waals surface area contributed by atoms with Crippen LogP contribution in [0.2, 0.25) is 0 Å². The van der Waals surface area contributed by atoms with E-state index in [-0.39, 0.29) is 24.8 Å². The van der Waals surface area contributed by atoms with Crippen LogP contribution in [0, 0.1) is 0 Å². The number of ether oxygens (including phenoxy) is 1. The van der Waals surface area contributed by atoms with Crippen molar-refractivity contribution >= 4 is 5.91 Å². The Labute approximate surface area is 139 Å². The molecule has 5 nitrogen and oxygen atoms in total. The van der Waals surface area contributed by atoms with Crippen molar-refractivity contribution in [1.29, 1.82) is 0 Å². The molecule has 1 aliphatic rings. The Morgan fingerprint density at radius 1 is 1.46 bits per heavy atom. The van der Waals surface area contributed by atoms with Crippen molar-refractivity contribution in [3.05, 3.63) is 29.8 Å². The molecule has 8 heteroatoms. The van der Waals surface area contributed by atoms with Gasteiger partial charge in [-0.25, -0.2) is 0 Å². The van der Waals surface area contributed by atoms with Crippen LogP contribution in [0.4, 0.5) is 13.2 Å². The van der Waals surface area contributed by atoms with E-state index in [1.54, 1.807) is 0 Å². The number of hydrogen-bond donors (Lipinski definition) is 2. The average Bonchev–Trinajstić information content (AvgIpc) is 2.53. The number of carbonyl (C=O) groups is 1. The van der Waals surface area contributed by atoms with Crippen LogP contribution in [0.25, 0.3) is 0 Å². The third-order valence-corrected chi connectivity index (χ3v) is 3.84. The second-order valence-corrected chi connectivity index (χ2v) is 5.75. The first-order valence-electron chi connectivity index (χ1n) is 7.88. The Morgan fingerprint density at radius 3 is 2.96 bits per heavy atom. The minimum atomic E-state index is -4.40. The van der Waals surface area contributed by atoms with Crippen molar-refractivity contribution < 1.29 is 22.7 Å². The molecule has 0 aliphatic carbocycles. The van der Waals surface area contributed by atoms with E-state index >= 15 is 0 Å². The number of alkyl halides is 3. The summed E-state index contributed by atoms with van der Waals surface area (Å²) in [5.74, 6) is 0.0196. The lowest BCUT2D eigenvalue weighted by Crippen LogP contribution is -2.52. The zero-order valence-electron chi connectivity index (χ0n) is 13.5. The predicted molar refractivity (Wildman–Crippen MR) is 83.9 cm³/mol. The number of nitrogens with one attached hydrogen (secondary N) is 2. The highest BCUT2D eigenvalue weighted by Crippen LogP contribution is 2.31. The fourth-order valence-corrected chi connectivity index (χ4v) is 2.48. The van der Waals surface area contributed by atoms with Gasteiger partial charge in [-0.15, -0.1) is 0 Å². The smallest absolute Gasteiger partial charge is 0.416 e. The van der Waals surface area contributed by atoms with E-state index in [1.807, 2.05) is 0 Å². The molecule has 1 aliphatic heterocycles. The van der Waals surface area contributed by atoms with Gasteiger partial charge in [0.2, 0.25) is 5.91 Å². The summed E-state index contributed by atoms with van der Waals surface area (Å²) >= 11 is 0. The first kappa shape index (κ1) is 18.5. The number of halogens is 3. The Morgan fingerprint density at radius 2 is 2.25 bits per heavy atom. The summed E-state index contributed by atoms with van der Waals surface area (Å²) in [6.07, 6.45) is -4.40. The molecule has 134 valence electrons. The topological polar surface area (TPSA) is 53.6 Å². The highest BCUT2D eigenvalue weighted by atomic mass is 19.4. The fourth-order valence-electron chi connectivity index (χ4n) is 2.48. The van der Waals surface area contributed by atoms with E-state index in [9.17, 15) is 18.0 Å². The molecule has 1 heterocycles. The van der Waals surface area contributed by atoms with Crippen LogP contribution in [-0.4, -0.2) is 56.2 Å². The summed E-state index contributed by atoms with van der Waals surface area (Å²) in [5, 5.41) is 5.97. The molecular weight excluding hydrogens is 323 g/mol. The molecule has 1 atom stereocenters. The number of piperazine rings is 1. The lowest BCUT2D eigenvalue weighted by molar-refractivity contribution is -0.137. The zero-order chi connectivity index (χ0) is 17.6. The van der Waals surface area contributed by atoms with Crippen LogP contribution in [0.5, 0.6) is 5.75 Å². The number of nitrogens with zero attached hydrogens (tertiary/aromatic N) is 1. The second kappa shape index (κ2) is 8.34. The average molecular weight is 345 g/mol. The first-order chi connectivity index (χ1) is 11.4. The minimum absolute atomic E-state index is 0.114. The first-order valence-corrected chi connectivity index (χ1v) is 7.88. The van der Waals surface area contributed by atoms with Crippen molar-refractivity contribution in [3.63, 3.8) is 0 Å². The fraction of sp³-hybridized carbons (Fsp3) is 0.562. The van der Waals surface area contributed by atoms with Crippen molar-refractivity contribution in [2.24, 2.45) is 0 Å². The maximum absolute atomic E-state index is 12.6. The number of carbonyl (C=O) groups excluding carboxylic acids is 1. The molecule has 1 aromatic carbocycles. The Hall–Kier alpha value is -1.80. The third-order valence-electron chi connectivity index (χ3n) is 3.84. The standard InChI is InChI=1S/C16H22F3N3O2/c1-12-10-20-5-7-22(12)11-15(23)21-6-8-24-14-4-2-3-13(9-14)16(17,18)19/h2-4,9,12,20H,5-8,10-11H2,1H3,(H,21,23)/t12-/m1/s1. The van der Waals surface area contributed by atoms with Gasteiger partial charge in [-0.05, 0) is 25.1 Å². The quantitative estimate of drug-likeness (QED) is 0.767. The van der Waals surface area contributed by atoms with Crippen LogP contribution in [0.3, 0.4) is 0 Å². The van der Waals surface area contributed by atoms with Gasteiger partial charge in [-0.3, -0.25) is 9.69 Å². The van der Waals surface area contributed by atoms with Gasteiger partial charge in [0.1, 0.15) is 12.4 Å². The Kier molecular flexibility index (Phi) is 6.44. The van der Waals surface area contributed by atoms with Gasteiger partial charge in [0.15, 0.2) is 0 Å². The normalized spacial score (nSPS) is 19.1. The highest BCUT2D eigenvalue weighted by Gasteiger charge is 2.30. The van der Waals surface area contributed by atoms with Crippen molar-refractivity contribution in [3.8, 4) is 5.75 Å². The van der Waals surface area contributed by atoms with Crippen LogP contribution < -0.4 is 15.4 Å². The molecule has 0 radical (unpaired) electrons. The highest BCUT2D eigenvalue weighted by molar-refractivity contribution is 5.78. The summed E-state index contributed by atoms with van der Waals surface area (Å²) in [7, 11) is 0. The lowest BCUT2D eigenvalue weighted by Gasteiger charge is -2.33. The molecule has 1 saturated heterocycles. The number of benzene rings is 1. The molecule has 1 fully saturated rings. The van der Waals surface area contributed by atoms with Crippen LogP contribution in [-0.2, 0) is 11.0 Å². The van der Waals surface area contributed by atoms with Crippen molar-refractivity contribution in [2.45, 2.75) is 19.1 Å². The Bertz CT molecular complexity index is 552. The molecule has 1 amide bonds. The SMILES string of the molecule is C[C@@H]1CNCCN1CC(=O)NCCOc1cccc(C(F)(F)F)c1. The summed E-state index contributed by atoms with van der Waals surface area (Å²) in [6.45, 7) is 5.25. The van der Waals surface area contributed by atoms with Crippen LogP contribution >= 0.6 is 0 Å². The van der Waals surface area contributed by atoms with E-state index in [1.165, 1.54) is 12.1 Å². The third kappa shape index (κ3) is 5.68. The molecule has 2 rings (SSSR count). The molecule has 1 aromatic rings. The zero-order valence-corrected chi connectivity index (χ0v) is 13.5. The van der Waals surface area contributed by atoms with Gasteiger partial charge in [-0.2, -0.15) is 13.2 Å². The van der Waals surface area contributed by atoms with E-state index in [2.05, 4.69) is 22.5 Å². The van der Waals surface area contributed by atoms with Crippen molar-refractivity contribution in [1.82, 2.24) is 15.5 Å². The molecule has 0 bridgehead atoms. The van der Waals surface area contributed by atoms with Gasteiger partial charge >= 0.3 is 6.18 Å². The summed E-state index contributed by atoms with van der Waals surface area (Å²) in [4.78, 5) is 14.0. The van der Waals surface area contributed by atoms with E-state index in [0.717, 1.165) is 31.8 Å². The van der Waals surface area contributed by atoms with Gasteiger partial charge in [0.25, 0.3) is 0 Å². The van der Waals surface area contributed by atoms with Gasteiger partial charge in [-0.1, -0.05) is 6.07 Å². The maximum atomic E-state index is 12.6. The molecule has 0 aromatic heterocycles. The molecule has 0 spiro atoms. The molecule has 2 N–H and O–H groups in total. The van der Waals surface area contributed by atoms with Crippen LogP contribution in [0.15, 0.2) is 24.3 Å². The molecule has 0 saturated carbocycles. The number of amides is 1. The molecule has 24 heavy (non-hydrogen) atoms. The van der Waals surface area contributed by atoms with Gasteiger partial charge < -0.3 is 15.4 Å². The lowest BCUT2D eigenvalue weighted by atomic mass is 10.2. The second-order valence-electron chi connectivity index (χ2n) is 5.75. The monoisotopic (exact) mass is 345 g/mol. The largest absolute Gasteiger partial charge is 0.492 e. The van der Waals surface area contributed by atoms with E-state index in [4.69, 9.17) is 4.74 Å². The molecule has 0 unspecified atom stereocenters. The summed E-state index contributed by atoms with van der Waals surface area (Å²) < 4.78 is 43.0. The van der Waals surface area contributed by atoms with Crippen molar-refractivity contribution in [2.75, 3.05) is 39.3 Å². The van der Waals surface area contributed by atoms with Crippen LogP contribution in [0.1, 0.15) is 12.5 Å². The van der Waals surface area contributed by atoms with Gasteiger partial charge in [0, 0.05) is 25.7 Å². The number of rotatable bonds is 6. The Balaban J connectivity index is 1.70. The summed E-state index contributed by atoms with van der Waals surface area (Å²) in [5.41, 5.74) is -0.753. The van der Waals surface area contributed by atoms with E-state index < -0.39 is 11.7 Å². The minimum Gasteiger partial charge on any atom is -0.492 e. The maximum Gasteiger partial charge on any atom is 0.416 e. The molecular formula is C16H22F3N3O2. The van der Waals surface area contributed by atoms with Gasteiger partial charge in [0.05, 0.1) is 18.7 Å². The summed E-state index contributed by atoms with van der Waals surface area (Å²) in [6, 6.07) is 4.99. The predicted octanol–water partition coefficient (Wildman–Crippen LogP) is 1.49.